The zero-order chi connectivity index (χ0) is 6.04. The van der Waals surface area contributed by atoms with E-state index in [1.807, 2.05) is 17.3 Å². The van der Waals surface area contributed by atoms with E-state index in [0.29, 0.717) is 5.41 Å². The van der Waals surface area contributed by atoms with Crippen molar-refractivity contribution in [3.8, 4) is 0 Å². The highest BCUT2D eigenvalue weighted by atomic mass is 32.2. The van der Waals surface area contributed by atoms with Crippen LogP contribution >= 0.6 is 11.8 Å². The molecule has 1 rings (SSSR count). The third-order valence-corrected chi connectivity index (χ3v) is 2.39. The van der Waals surface area contributed by atoms with E-state index in [-0.39, 0.29) is 0 Å². The fourth-order valence-corrected chi connectivity index (χ4v) is 1.44. The van der Waals surface area contributed by atoms with Gasteiger partial charge in [-0.2, -0.15) is 0 Å². The normalized spacial score (nSPS) is 25.8. The molecule has 0 amide bonds. The SMILES string of the molecule is CC1(C)CN=CSC1. The summed E-state index contributed by atoms with van der Waals surface area (Å²) in [5, 5.41) is 0. The Morgan fingerprint density at radius 1 is 1.62 bits per heavy atom. The first-order valence-electron chi connectivity index (χ1n) is 2.81. The molecule has 0 aromatic rings. The Morgan fingerprint density at radius 2 is 2.38 bits per heavy atom. The molecule has 46 valence electrons. The average Bonchev–Trinajstić information content (AvgIpc) is 1.65. The number of hydrogen-bond acceptors (Lipinski definition) is 2. The second kappa shape index (κ2) is 2.09. The topological polar surface area (TPSA) is 12.4 Å². The van der Waals surface area contributed by atoms with Gasteiger partial charge in [-0.05, 0) is 5.41 Å². The van der Waals surface area contributed by atoms with Crippen LogP contribution < -0.4 is 0 Å². The Hall–Kier alpha value is 0.0200. The molecule has 0 bridgehead atoms. The van der Waals surface area contributed by atoms with Gasteiger partial charge >= 0.3 is 0 Å². The minimum absolute atomic E-state index is 0.444. The summed E-state index contributed by atoms with van der Waals surface area (Å²) in [4.78, 5) is 4.17. The van der Waals surface area contributed by atoms with E-state index in [9.17, 15) is 0 Å². The summed E-state index contributed by atoms with van der Waals surface area (Å²) in [7, 11) is 0. The minimum atomic E-state index is 0.444. The smallest absolute Gasteiger partial charge is 0.0541 e. The summed E-state index contributed by atoms with van der Waals surface area (Å²) in [6.45, 7) is 5.49. The number of hydrogen-bond donors (Lipinski definition) is 0. The lowest BCUT2D eigenvalue weighted by atomic mass is 9.97. The highest BCUT2D eigenvalue weighted by molar-refractivity contribution is 8.12. The Balaban J connectivity index is 2.50. The largest absolute Gasteiger partial charge is 0.286 e. The molecule has 0 N–H and O–H groups in total. The van der Waals surface area contributed by atoms with Crippen molar-refractivity contribution >= 4 is 17.3 Å². The lowest BCUT2D eigenvalue weighted by Gasteiger charge is -2.23. The van der Waals surface area contributed by atoms with Gasteiger partial charge in [0.1, 0.15) is 0 Å². The van der Waals surface area contributed by atoms with Gasteiger partial charge in [0.05, 0.1) is 5.55 Å². The molecule has 0 unspecified atom stereocenters. The maximum absolute atomic E-state index is 4.17. The Kier molecular flexibility index (Phi) is 1.61. The highest BCUT2D eigenvalue weighted by Crippen LogP contribution is 2.24. The van der Waals surface area contributed by atoms with Gasteiger partial charge in [-0.25, -0.2) is 0 Å². The van der Waals surface area contributed by atoms with Gasteiger partial charge in [-0.3, -0.25) is 4.99 Å². The van der Waals surface area contributed by atoms with Crippen molar-refractivity contribution in [3.05, 3.63) is 0 Å². The molecule has 1 nitrogen and oxygen atoms in total. The first kappa shape index (κ1) is 6.14. The van der Waals surface area contributed by atoms with Crippen LogP contribution in [0.3, 0.4) is 0 Å². The van der Waals surface area contributed by atoms with Crippen molar-refractivity contribution in [1.82, 2.24) is 0 Å². The molecule has 0 atom stereocenters. The lowest BCUT2D eigenvalue weighted by molar-refractivity contribution is 0.439. The van der Waals surface area contributed by atoms with Crippen LogP contribution in [0.25, 0.3) is 0 Å². The van der Waals surface area contributed by atoms with Crippen LogP contribution in [0.5, 0.6) is 0 Å². The fraction of sp³-hybridized carbons (Fsp3) is 0.833. The average molecular weight is 129 g/mol. The van der Waals surface area contributed by atoms with Crippen molar-refractivity contribution in [2.45, 2.75) is 13.8 Å². The maximum Gasteiger partial charge on any atom is 0.0541 e. The van der Waals surface area contributed by atoms with Crippen LogP contribution in [-0.4, -0.2) is 17.8 Å². The van der Waals surface area contributed by atoms with Crippen LogP contribution in [0.15, 0.2) is 4.99 Å². The first-order chi connectivity index (χ1) is 3.71. The van der Waals surface area contributed by atoms with E-state index in [0.717, 1.165) is 6.54 Å². The molecule has 0 spiro atoms. The summed E-state index contributed by atoms with van der Waals surface area (Å²) < 4.78 is 0. The second-order valence-corrected chi connectivity index (χ2v) is 3.75. The van der Waals surface area contributed by atoms with Crippen LogP contribution in [0, 0.1) is 5.41 Å². The molecule has 0 aromatic heterocycles. The number of rotatable bonds is 0. The lowest BCUT2D eigenvalue weighted by Crippen LogP contribution is -2.21. The fourth-order valence-electron chi connectivity index (χ4n) is 0.646. The van der Waals surface area contributed by atoms with Crippen LogP contribution in [0.1, 0.15) is 13.8 Å². The van der Waals surface area contributed by atoms with Crippen molar-refractivity contribution in [2.24, 2.45) is 10.4 Å². The zero-order valence-electron chi connectivity index (χ0n) is 5.35. The van der Waals surface area contributed by atoms with Crippen molar-refractivity contribution < 1.29 is 0 Å². The zero-order valence-corrected chi connectivity index (χ0v) is 6.16. The summed E-state index contributed by atoms with van der Waals surface area (Å²) in [5.74, 6) is 1.22. The standard InChI is InChI=1S/C6H11NS/c1-6(2)3-7-5-8-4-6/h5H,3-4H2,1-2H3. The molecule has 0 saturated heterocycles. The van der Waals surface area contributed by atoms with Gasteiger partial charge in [0, 0.05) is 12.3 Å². The molecule has 0 aliphatic carbocycles. The number of aliphatic imine (C=N–C) groups is 1. The summed E-state index contributed by atoms with van der Waals surface area (Å²) >= 11 is 1.81. The van der Waals surface area contributed by atoms with Gasteiger partial charge in [0.2, 0.25) is 0 Å². The Bertz CT molecular complexity index is 107. The quantitative estimate of drug-likeness (QED) is 0.485. The van der Waals surface area contributed by atoms with Crippen molar-refractivity contribution in [1.29, 1.82) is 0 Å². The summed E-state index contributed by atoms with van der Waals surface area (Å²) in [5.41, 5.74) is 2.39. The van der Waals surface area contributed by atoms with Crippen molar-refractivity contribution in [2.75, 3.05) is 12.3 Å². The predicted molar refractivity (Wildman–Crippen MR) is 39.6 cm³/mol. The first-order valence-corrected chi connectivity index (χ1v) is 3.85. The van der Waals surface area contributed by atoms with E-state index < -0.39 is 0 Å². The molecule has 2 heteroatoms. The monoisotopic (exact) mass is 129 g/mol. The molecular formula is C6H11NS. The van der Waals surface area contributed by atoms with E-state index in [1.165, 1.54) is 5.75 Å². The Labute approximate surface area is 54.6 Å². The predicted octanol–water partition coefficient (Wildman–Crippen LogP) is 1.79. The van der Waals surface area contributed by atoms with Gasteiger partial charge in [0.25, 0.3) is 0 Å². The van der Waals surface area contributed by atoms with Gasteiger partial charge in [-0.15, -0.1) is 11.8 Å². The van der Waals surface area contributed by atoms with Crippen molar-refractivity contribution in [3.63, 3.8) is 0 Å². The second-order valence-electron chi connectivity index (χ2n) is 2.92. The van der Waals surface area contributed by atoms with Gasteiger partial charge in [0.15, 0.2) is 0 Å². The molecule has 0 radical (unpaired) electrons. The molecular weight excluding hydrogens is 118 g/mol. The third-order valence-electron chi connectivity index (χ3n) is 1.14. The van der Waals surface area contributed by atoms with Gasteiger partial charge < -0.3 is 0 Å². The van der Waals surface area contributed by atoms with E-state index >= 15 is 0 Å². The molecule has 0 saturated carbocycles. The van der Waals surface area contributed by atoms with Crippen LogP contribution in [0.2, 0.25) is 0 Å². The molecule has 8 heavy (non-hydrogen) atoms. The van der Waals surface area contributed by atoms with Crippen LogP contribution in [-0.2, 0) is 0 Å². The van der Waals surface area contributed by atoms with E-state index in [4.69, 9.17) is 0 Å². The summed E-state index contributed by atoms with van der Waals surface area (Å²) in [6, 6.07) is 0. The van der Waals surface area contributed by atoms with E-state index in [1.54, 1.807) is 0 Å². The van der Waals surface area contributed by atoms with E-state index in [2.05, 4.69) is 18.8 Å². The maximum atomic E-state index is 4.17. The summed E-state index contributed by atoms with van der Waals surface area (Å²) in [6.07, 6.45) is 0. The minimum Gasteiger partial charge on any atom is -0.286 e. The number of nitrogens with zero attached hydrogens (tertiary/aromatic N) is 1. The third kappa shape index (κ3) is 1.51. The van der Waals surface area contributed by atoms with Gasteiger partial charge in [-0.1, -0.05) is 13.8 Å². The van der Waals surface area contributed by atoms with Crippen LogP contribution in [0.4, 0.5) is 0 Å². The molecule has 1 aliphatic heterocycles. The molecule has 0 aromatic carbocycles. The Morgan fingerprint density at radius 3 is 2.62 bits per heavy atom. The molecule has 1 heterocycles. The highest BCUT2D eigenvalue weighted by Gasteiger charge is 2.18. The molecule has 1 aliphatic rings. The molecule has 0 fully saturated rings. The number of thioether (sulfide) groups is 1.